The summed E-state index contributed by atoms with van der Waals surface area (Å²) in [6, 6.07) is 7.63. The van der Waals surface area contributed by atoms with Crippen LogP contribution in [0.25, 0.3) is 6.08 Å². The fraction of sp³-hybridized carbons (Fsp3) is 0.391. The van der Waals surface area contributed by atoms with Gasteiger partial charge in [0.2, 0.25) is 5.91 Å². The lowest BCUT2D eigenvalue weighted by Crippen LogP contribution is -2.13. The number of hydrogen-bond donors (Lipinski definition) is 1. The van der Waals surface area contributed by atoms with Crippen molar-refractivity contribution in [2.45, 2.75) is 45.4 Å². The molecular weight excluding hydrogens is 386 g/mol. The van der Waals surface area contributed by atoms with Gasteiger partial charge in [0.25, 0.3) is 0 Å². The molecule has 0 fully saturated rings. The second-order valence-corrected chi connectivity index (χ2v) is 8.07. The van der Waals surface area contributed by atoms with Gasteiger partial charge in [-0.2, -0.15) is 0 Å². The van der Waals surface area contributed by atoms with E-state index in [1.807, 2.05) is 24.3 Å². The fourth-order valence-electron chi connectivity index (χ4n) is 3.37. The van der Waals surface area contributed by atoms with Crippen molar-refractivity contribution < 1.29 is 19.1 Å². The summed E-state index contributed by atoms with van der Waals surface area (Å²) in [6.45, 7) is 2.77. The summed E-state index contributed by atoms with van der Waals surface area (Å²) < 4.78 is 10.8. The fourth-order valence-corrected chi connectivity index (χ4v) is 4.65. The summed E-state index contributed by atoms with van der Waals surface area (Å²) in [5.41, 5.74) is 2.39. The highest BCUT2D eigenvalue weighted by molar-refractivity contribution is 7.17. The van der Waals surface area contributed by atoms with Crippen LogP contribution in [0.5, 0.6) is 5.75 Å². The first-order chi connectivity index (χ1) is 14.1. The van der Waals surface area contributed by atoms with Crippen LogP contribution in [0.1, 0.15) is 59.0 Å². The van der Waals surface area contributed by atoms with Gasteiger partial charge in [0.05, 0.1) is 19.3 Å². The molecule has 2 aromatic rings. The molecule has 1 N–H and O–H groups in total. The molecule has 0 aliphatic heterocycles. The lowest BCUT2D eigenvalue weighted by atomic mass is 9.95. The number of hydrogen-bond acceptors (Lipinski definition) is 5. The quantitative estimate of drug-likeness (QED) is 0.365. The highest BCUT2D eigenvalue weighted by Gasteiger charge is 2.26. The van der Waals surface area contributed by atoms with Gasteiger partial charge in [-0.1, -0.05) is 31.5 Å². The molecule has 0 atom stereocenters. The van der Waals surface area contributed by atoms with E-state index < -0.39 is 5.97 Å². The van der Waals surface area contributed by atoms with Gasteiger partial charge < -0.3 is 14.8 Å². The van der Waals surface area contributed by atoms with Crippen LogP contribution in [0.2, 0.25) is 0 Å². The molecular formula is C23H27NO4S. The number of carbonyl (C=O) groups is 2. The van der Waals surface area contributed by atoms with Crippen LogP contribution in [-0.2, 0) is 22.4 Å². The van der Waals surface area contributed by atoms with Crippen LogP contribution in [-0.4, -0.2) is 25.6 Å². The largest absolute Gasteiger partial charge is 0.493 e. The van der Waals surface area contributed by atoms with E-state index >= 15 is 0 Å². The van der Waals surface area contributed by atoms with Crippen molar-refractivity contribution in [1.29, 1.82) is 0 Å². The predicted molar refractivity (Wildman–Crippen MR) is 117 cm³/mol. The molecule has 1 aromatic carbocycles. The molecule has 1 amide bonds. The third-order valence-electron chi connectivity index (χ3n) is 4.89. The Morgan fingerprint density at radius 2 is 2.00 bits per heavy atom. The predicted octanol–water partition coefficient (Wildman–Crippen LogP) is 5.24. The number of amides is 1. The number of unbranched alkanes of at least 4 members (excludes halogenated alkanes) is 1. The van der Waals surface area contributed by atoms with Crippen molar-refractivity contribution >= 4 is 34.3 Å². The highest BCUT2D eigenvalue weighted by Crippen LogP contribution is 2.38. The van der Waals surface area contributed by atoms with E-state index in [0.29, 0.717) is 17.2 Å². The van der Waals surface area contributed by atoms with E-state index in [0.717, 1.165) is 55.4 Å². The topological polar surface area (TPSA) is 64.6 Å². The zero-order chi connectivity index (χ0) is 20.6. The molecule has 154 valence electrons. The molecule has 5 nitrogen and oxygen atoms in total. The van der Waals surface area contributed by atoms with Crippen LogP contribution in [0.3, 0.4) is 0 Å². The van der Waals surface area contributed by atoms with Crippen LogP contribution in [0.15, 0.2) is 30.3 Å². The number of fused-ring (bicyclic) bond motifs is 1. The first-order valence-corrected chi connectivity index (χ1v) is 10.9. The number of anilines is 1. The average Bonchev–Trinajstić information content (AvgIpc) is 3.10. The molecule has 0 saturated heterocycles. The first-order valence-electron chi connectivity index (χ1n) is 10.1. The van der Waals surface area contributed by atoms with Gasteiger partial charge in [-0.25, -0.2) is 4.79 Å². The number of ether oxygens (including phenoxy) is 2. The SMILES string of the molecule is CCCCOc1ccccc1C=CC(=O)Nc1sc2c(c1C(=O)OC)CCCC2. The van der Waals surface area contributed by atoms with E-state index in [1.54, 1.807) is 6.08 Å². The number of benzene rings is 1. The number of carbonyl (C=O) groups excluding carboxylic acids is 2. The Balaban J connectivity index is 1.75. The number of aryl methyl sites for hydroxylation is 1. The van der Waals surface area contributed by atoms with E-state index in [-0.39, 0.29) is 5.91 Å². The Labute approximate surface area is 175 Å². The molecule has 29 heavy (non-hydrogen) atoms. The maximum atomic E-state index is 12.5. The van der Waals surface area contributed by atoms with Crippen LogP contribution in [0, 0.1) is 0 Å². The smallest absolute Gasteiger partial charge is 0.341 e. The first kappa shape index (κ1) is 21.1. The molecule has 0 spiro atoms. The molecule has 1 heterocycles. The molecule has 0 bridgehead atoms. The zero-order valence-electron chi connectivity index (χ0n) is 17.0. The third kappa shape index (κ3) is 5.26. The standard InChI is InChI=1S/C23H27NO4S/c1-3-4-15-28-18-11-7-5-9-16(18)13-14-20(25)24-22-21(23(26)27-2)17-10-6-8-12-19(17)29-22/h5,7,9,11,13-14H,3-4,6,8,10,12,15H2,1-2H3,(H,24,25). The molecule has 1 aliphatic carbocycles. The maximum absolute atomic E-state index is 12.5. The minimum absolute atomic E-state index is 0.280. The lowest BCUT2D eigenvalue weighted by Gasteiger charge is -2.11. The van der Waals surface area contributed by atoms with Crippen molar-refractivity contribution in [2.24, 2.45) is 0 Å². The molecule has 1 aromatic heterocycles. The molecule has 0 radical (unpaired) electrons. The third-order valence-corrected chi connectivity index (χ3v) is 6.09. The number of para-hydroxylation sites is 1. The Bertz CT molecular complexity index is 900. The Kier molecular flexibility index (Phi) is 7.47. The second kappa shape index (κ2) is 10.3. The van der Waals surface area contributed by atoms with Gasteiger partial charge in [0.15, 0.2) is 0 Å². The molecule has 0 saturated carbocycles. The summed E-state index contributed by atoms with van der Waals surface area (Å²) in [7, 11) is 1.37. The van der Waals surface area contributed by atoms with Gasteiger partial charge in [-0.05, 0) is 49.8 Å². The molecule has 6 heteroatoms. The van der Waals surface area contributed by atoms with E-state index in [2.05, 4.69) is 12.2 Å². The minimum atomic E-state index is -0.390. The van der Waals surface area contributed by atoms with Crippen LogP contribution < -0.4 is 10.1 Å². The summed E-state index contributed by atoms with van der Waals surface area (Å²) in [5.74, 6) is 0.0855. The van der Waals surface area contributed by atoms with Crippen molar-refractivity contribution in [3.63, 3.8) is 0 Å². The summed E-state index contributed by atoms with van der Waals surface area (Å²) in [5, 5.41) is 3.45. The highest BCUT2D eigenvalue weighted by atomic mass is 32.1. The number of esters is 1. The van der Waals surface area contributed by atoms with Crippen molar-refractivity contribution in [2.75, 3.05) is 19.0 Å². The number of rotatable bonds is 8. The summed E-state index contributed by atoms with van der Waals surface area (Å²) >= 11 is 1.48. The van der Waals surface area contributed by atoms with Crippen molar-refractivity contribution in [3.05, 3.63) is 51.9 Å². The second-order valence-electron chi connectivity index (χ2n) is 6.97. The van der Waals surface area contributed by atoms with Crippen molar-refractivity contribution in [1.82, 2.24) is 0 Å². The van der Waals surface area contributed by atoms with E-state index in [9.17, 15) is 9.59 Å². The lowest BCUT2D eigenvalue weighted by molar-refractivity contribution is -0.111. The number of nitrogens with one attached hydrogen (secondary N) is 1. The van der Waals surface area contributed by atoms with Gasteiger partial charge in [0, 0.05) is 16.5 Å². The van der Waals surface area contributed by atoms with Crippen LogP contribution in [0.4, 0.5) is 5.00 Å². The summed E-state index contributed by atoms with van der Waals surface area (Å²) in [6.07, 6.45) is 9.21. The number of thiophene rings is 1. The molecule has 1 aliphatic rings. The average molecular weight is 414 g/mol. The number of methoxy groups -OCH3 is 1. The van der Waals surface area contributed by atoms with Crippen molar-refractivity contribution in [3.8, 4) is 5.75 Å². The van der Waals surface area contributed by atoms with E-state index in [4.69, 9.17) is 9.47 Å². The normalized spacial score (nSPS) is 13.2. The maximum Gasteiger partial charge on any atom is 0.341 e. The molecule has 0 unspecified atom stereocenters. The zero-order valence-corrected chi connectivity index (χ0v) is 17.8. The minimum Gasteiger partial charge on any atom is -0.493 e. The Morgan fingerprint density at radius 1 is 1.21 bits per heavy atom. The van der Waals surface area contributed by atoms with Crippen LogP contribution >= 0.6 is 11.3 Å². The van der Waals surface area contributed by atoms with Gasteiger partial charge in [-0.3, -0.25) is 4.79 Å². The Hall–Kier alpha value is -2.60. The summed E-state index contributed by atoms with van der Waals surface area (Å²) in [4.78, 5) is 26.0. The van der Waals surface area contributed by atoms with Gasteiger partial charge in [0.1, 0.15) is 10.8 Å². The monoisotopic (exact) mass is 413 g/mol. The van der Waals surface area contributed by atoms with Gasteiger partial charge in [-0.15, -0.1) is 11.3 Å². The Morgan fingerprint density at radius 3 is 2.79 bits per heavy atom. The van der Waals surface area contributed by atoms with E-state index in [1.165, 1.54) is 29.4 Å². The van der Waals surface area contributed by atoms with Gasteiger partial charge >= 0.3 is 5.97 Å². The molecule has 3 rings (SSSR count).